The van der Waals surface area contributed by atoms with Gasteiger partial charge < -0.3 is 15.1 Å². The first-order valence-electron chi connectivity index (χ1n) is 8.86. The van der Waals surface area contributed by atoms with Gasteiger partial charge in [0, 0.05) is 18.1 Å². The second kappa shape index (κ2) is 9.18. The van der Waals surface area contributed by atoms with E-state index in [1.165, 1.54) is 10.5 Å². The van der Waals surface area contributed by atoms with Gasteiger partial charge in [0.2, 0.25) is 0 Å². The van der Waals surface area contributed by atoms with Crippen LogP contribution in [0.4, 0.5) is 10.5 Å². The second-order valence-corrected chi connectivity index (χ2v) is 6.59. The molecule has 0 aliphatic rings. The lowest BCUT2D eigenvalue weighted by Gasteiger charge is -2.29. The quantitative estimate of drug-likeness (QED) is 0.812. The summed E-state index contributed by atoms with van der Waals surface area (Å²) in [6.07, 6.45) is 4.56. The van der Waals surface area contributed by atoms with Crippen LogP contribution in [0.15, 0.2) is 48.8 Å². The minimum atomic E-state index is -0.0816. The van der Waals surface area contributed by atoms with Crippen molar-refractivity contribution in [3.05, 3.63) is 59.9 Å². The van der Waals surface area contributed by atoms with Crippen molar-refractivity contribution in [2.45, 2.75) is 26.3 Å². The summed E-state index contributed by atoms with van der Waals surface area (Å²) in [5.41, 5.74) is 3.12. The van der Waals surface area contributed by atoms with E-state index in [1.54, 1.807) is 6.20 Å². The number of anilines is 1. The van der Waals surface area contributed by atoms with Crippen LogP contribution in [0.25, 0.3) is 0 Å². The number of carbonyl (C=O) groups excluding carboxylic acids is 1. The minimum Gasteiger partial charge on any atom is -0.338 e. The predicted octanol–water partition coefficient (Wildman–Crippen LogP) is 2.38. The topological polar surface area (TPSA) is 49.7 Å². The maximum Gasteiger partial charge on any atom is 0.322 e. The van der Waals surface area contributed by atoms with E-state index in [1.807, 2.05) is 42.3 Å². The van der Waals surface area contributed by atoms with E-state index >= 15 is 0 Å². The molecule has 0 bridgehead atoms. The second-order valence-electron chi connectivity index (χ2n) is 6.59. The summed E-state index contributed by atoms with van der Waals surface area (Å²) in [6.45, 7) is 5.72. The summed E-state index contributed by atoms with van der Waals surface area (Å²) in [6, 6.07) is 11.8. The van der Waals surface area contributed by atoms with Crippen molar-refractivity contribution in [3.63, 3.8) is 0 Å². The summed E-state index contributed by atoms with van der Waals surface area (Å²) < 4.78 is 0. The number of urea groups is 1. The molecule has 2 N–H and O–H groups in total. The van der Waals surface area contributed by atoms with Crippen molar-refractivity contribution in [1.29, 1.82) is 0 Å². The Morgan fingerprint density at radius 1 is 1.24 bits per heavy atom. The fraction of sp³-hybridized carbons (Fsp3) is 0.400. The molecule has 0 radical (unpaired) electrons. The van der Waals surface area contributed by atoms with Gasteiger partial charge in [-0.3, -0.25) is 4.98 Å². The Hall–Kier alpha value is -2.40. The molecule has 1 aromatic carbocycles. The molecule has 5 heteroatoms. The van der Waals surface area contributed by atoms with Gasteiger partial charge in [0.05, 0.1) is 33.2 Å². The highest BCUT2D eigenvalue weighted by atomic mass is 16.2. The molecule has 0 spiro atoms. The summed E-state index contributed by atoms with van der Waals surface area (Å²) in [4.78, 5) is 20.2. The van der Waals surface area contributed by atoms with Gasteiger partial charge in [-0.05, 0) is 42.7 Å². The number of benzene rings is 1. The lowest BCUT2D eigenvalue weighted by Crippen LogP contribution is -3.06. The van der Waals surface area contributed by atoms with E-state index in [0.29, 0.717) is 6.54 Å². The van der Waals surface area contributed by atoms with Crippen molar-refractivity contribution in [1.82, 2.24) is 9.88 Å². The fourth-order valence-corrected chi connectivity index (χ4v) is 2.64. The predicted molar refractivity (Wildman–Crippen MR) is 102 cm³/mol. The van der Waals surface area contributed by atoms with Gasteiger partial charge in [0.15, 0.2) is 0 Å². The molecule has 2 rings (SSSR count). The molecular weight excluding hydrogens is 312 g/mol. The lowest BCUT2D eigenvalue weighted by molar-refractivity contribution is -0.857. The maximum atomic E-state index is 12.9. The highest BCUT2D eigenvalue weighted by Crippen LogP contribution is 2.20. The van der Waals surface area contributed by atoms with Crippen LogP contribution in [0.5, 0.6) is 0 Å². The molecule has 0 aliphatic carbocycles. The molecule has 0 aliphatic heterocycles. The van der Waals surface area contributed by atoms with Gasteiger partial charge in [-0.25, -0.2) is 4.79 Å². The standard InChI is InChI=1S/C20H28N4O/c1-5-17-8-10-19(11-9-17)22-20(25)24(14-13-23(3)4)16(2)18-7-6-12-21-15-18/h6-12,15-16H,5,13-14H2,1-4H3,(H,22,25)/p+1. The van der Waals surface area contributed by atoms with Crippen molar-refractivity contribution in [2.75, 3.05) is 32.5 Å². The van der Waals surface area contributed by atoms with Gasteiger partial charge in [-0.15, -0.1) is 0 Å². The van der Waals surface area contributed by atoms with Gasteiger partial charge in [0.25, 0.3) is 0 Å². The Labute approximate surface area is 150 Å². The fourth-order valence-electron chi connectivity index (χ4n) is 2.64. The molecule has 0 saturated heterocycles. The first kappa shape index (κ1) is 18.9. The summed E-state index contributed by atoms with van der Waals surface area (Å²) in [7, 11) is 4.18. The van der Waals surface area contributed by atoms with E-state index in [4.69, 9.17) is 0 Å². The number of quaternary nitrogens is 1. The zero-order chi connectivity index (χ0) is 18.2. The first-order chi connectivity index (χ1) is 12.0. The first-order valence-corrected chi connectivity index (χ1v) is 8.86. The van der Waals surface area contributed by atoms with Crippen LogP contribution in [-0.2, 0) is 6.42 Å². The minimum absolute atomic E-state index is 0.0389. The zero-order valence-electron chi connectivity index (χ0n) is 15.6. The van der Waals surface area contributed by atoms with Crippen LogP contribution >= 0.6 is 0 Å². The van der Waals surface area contributed by atoms with Crippen LogP contribution in [0.3, 0.4) is 0 Å². The van der Waals surface area contributed by atoms with Gasteiger partial charge in [0.1, 0.15) is 0 Å². The van der Waals surface area contributed by atoms with E-state index < -0.39 is 0 Å². The summed E-state index contributed by atoms with van der Waals surface area (Å²) in [5.74, 6) is 0. The highest BCUT2D eigenvalue weighted by molar-refractivity contribution is 5.89. The average molecular weight is 341 g/mol. The number of pyridine rings is 1. The number of aromatic nitrogens is 1. The smallest absolute Gasteiger partial charge is 0.322 e. The van der Waals surface area contributed by atoms with Crippen LogP contribution in [-0.4, -0.2) is 43.1 Å². The molecule has 1 heterocycles. The highest BCUT2D eigenvalue weighted by Gasteiger charge is 2.22. The molecule has 1 unspecified atom stereocenters. The molecule has 5 nitrogen and oxygen atoms in total. The number of nitrogens with one attached hydrogen (secondary N) is 2. The number of carbonyl (C=O) groups is 1. The summed E-state index contributed by atoms with van der Waals surface area (Å²) >= 11 is 0. The van der Waals surface area contributed by atoms with Crippen LogP contribution in [0.1, 0.15) is 31.0 Å². The van der Waals surface area contributed by atoms with Crippen molar-refractivity contribution < 1.29 is 9.69 Å². The number of hydrogen-bond donors (Lipinski definition) is 2. The van der Waals surface area contributed by atoms with Gasteiger partial charge >= 0.3 is 6.03 Å². The molecule has 25 heavy (non-hydrogen) atoms. The molecule has 2 amide bonds. The normalized spacial score (nSPS) is 12.0. The molecule has 1 aromatic heterocycles. The van der Waals surface area contributed by atoms with Crippen molar-refractivity contribution in [2.24, 2.45) is 0 Å². The SMILES string of the molecule is CCc1ccc(NC(=O)N(CC[NH+](C)C)C(C)c2cccnc2)cc1. The number of amides is 2. The van der Waals surface area contributed by atoms with Crippen LogP contribution in [0, 0.1) is 0 Å². The Kier molecular flexibility index (Phi) is 6.95. The number of hydrogen-bond acceptors (Lipinski definition) is 2. The molecule has 0 fully saturated rings. The number of rotatable bonds is 7. The molecule has 1 atom stereocenters. The largest absolute Gasteiger partial charge is 0.338 e. The van der Waals surface area contributed by atoms with E-state index in [-0.39, 0.29) is 12.1 Å². The van der Waals surface area contributed by atoms with Crippen LogP contribution < -0.4 is 10.2 Å². The van der Waals surface area contributed by atoms with E-state index in [2.05, 4.69) is 43.5 Å². The number of likely N-dealkylation sites (N-methyl/N-ethyl adjacent to an activating group) is 1. The molecular formula is C20H29N4O+. The Morgan fingerprint density at radius 2 is 1.96 bits per heavy atom. The molecule has 134 valence electrons. The molecule has 2 aromatic rings. The maximum absolute atomic E-state index is 12.9. The van der Waals surface area contributed by atoms with E-state index in [9.17, 15) is 4.79 Å². The third-order valence-corrected chi connectivity index (χ3v) is 4.36. The van der Waals surface area contributed by atoms with Crippen molar-refractivity contribution >= 4 is 11.7 Å². The summed E-state index contributed by atoms with van der Waals surface area (Å²) in [5, 5.41) is 3.03. The monoisotopic (exact) mass is 341 g/mol. The number of nitrogens with zero attached hydrogens (tertiary/aromatic N) is 2. The number of aryl methyl sites for hydroxylation is 1. The average Bonchev–Trinajstić information content (AvgIpc) is 2.63. The third kappa shape index (κ3) is 5.57. The lowest BCUT2D eigenvalue weighted by atomic mass is 10.1. The van der Waals surface area contributed by atoms with Crippen LogP contribution in [0.2, 0.25) is 0 Å². The Morgan fingerprint density at radius 3 is 2.52 bits per heavy atom. The van der Waals surface area contributed by atoms with Crippen molar-refractivity contribution in [3.8, 4) is 0 Å². The van der Waals surface area contributed by atoms with E-state index in [0.717, 1.165) is 24.2 Å². The third-order valence-electron chi connectivity index (χ3n) is 4.36. The van der Waals surface area contributed by atoms with Gasteiger partial charge in [-0.1, -0.05) is 25.1 Å². The zero-order valence-corrected chi connectivity index (χ0v) is 15.6. The van der Waals surface area contributed by atoms with Gasteiger partial charge in [-0.2, -0.15) is 0 Å². The Bertz CT molecular complexity index is 655. The molecule has 0 saturated carbocycles. The Balaban J connectivity index is 2.13.